The van der Waals surface area contributed by atoms with E-state index in [4.69, 9.17) is 9.40 Å². The fraction of sp³-hybridized carbons (Fsp3) is 0.0612. The van der Waals surface area contributed by atoms with Crippen molar-refractivity contribution in [3.8, 4) is 33.6 Å². The summed E-state index contributed by atoms with van der Waals surface area (Å²) in [5.74, 6) is 0. The molecule has 6 aromatic carbocycles. The van der Waals surface area contributed by atoms with Crippen LogP contribution in [-0.2, 0) is 32.9 Å². The Morgan fingerprint density at radius 1 is 0.585 bits per heavy atom. The van der Waals surface area contributed by atoms with Gasteiger partial charge in [-0.3, -0.25) is 0 Å². The van der Waals surface area contributed by atoms with E-state index in [1.807, 2.05) is 54.9 Å². The molecule has 0 aliphatic rings. The predicted octanol–water partition coefficient (Wildman–Crippen LogP) is 12.2. The maximum Gasteiger partial charge on any atom is 0.120 e. The van der Waals surface area contributed by atoms with Crippen molar-refractivity contribution in [1.29, 1.82) is 0 Å². The number of hydrogen-bond donors (Lipinski definition) is 0. The quantitative estimate of drug-likeness (QED) is 0.150. The van der Waals surface area contributed by atoms with Gasteiger partial charge in [-0.15, -0.1) is 53.6 Å². The van der Waals surface area contributed by atoms with Crippen LogP contribution in [-0.4, -0.2) is 9.97 Å². The van der Waals surface area contributed by atoms with E-state index in [0.717, 1.165) is 57.3 Å². The molecular weight excluding hydrogens is 825 g/mol. The molecule has 0 amide bonds. The van der Waals surface area contributed by atoms with E-state index in [-0.39, 0.29) is 20.1 Å². The third-order valence-electron chi connectivity index (χ3n) is 9.23. The van der Waals surface area contributed by atoms with Crippen LogP contribution in [0.1, 0.15) is 27.8 Å². The topological polar surface area (TPSA) is 38.9 Å². The van der Waals surface area contributed by atoms with Gasteiger partial charge in [0.05, 0.1) is 5.58 Å². The molecule has 0 aliphatic heterocycles. The molecule has 0 saturated heterocycles. The summed E-state index contributed by atoms with van der Waals surface area (Å²) >= 11 is 0. The van der Waals surface area contributed by atoms with E-state index >= 15 is 0 Å². The predicted molar refractivity (Wildman–Crippen MR) is 213 cm³/mol. The third-order valence-corrected chi connectivity index (χ3v) is 9.23. The number of pyridine rings is 2. The largest absolute Gasteiger partial charge is 0.501 e. The zero-order valence-corrected chi connectivity index (χ0v) is 31.7. The Balaban J connectivity index is 0.000000161. The second-order valence-electron chi connectivity index (χ2n) is 12.9. The molecule has 259 valence electrons. The summed E-state index contributed by atoms with van der Waals surface area (Å²) in [5, 5.41) is 2.22. The fourth-order valence-electron chi connectivity index (χ4n) is 6.58. The molecule has 4 heteroatoms. The summed E-state index contributed by atoms with van der Waals surface area (Å²) in [6.07, 6.45) is 5.62. The number of fused-ring (bicyclic) bond motifs is 3. The van der Waals surface area contributed by atoms with Gasteiger partial charge in [0.25, 0.3) is 0 Å². The van der Waals surface area contributed by atoms with Crippen LogP contribution in [0.5, 0.6) is 0 Å². The Bertz CT molecular complexity index is 2560. The molecule has 0 N–H and O–H groups in total. The molecule has 0 bridgehead atoms. The molecule has 0 aliphatic carbocycles. The van der Waals surface area contributed by atoms with Crippen LogP contribution in [0.2, 0.25) is 0 Å². The van der Waals surface area contributed by atoms with Crippen molar-refractivity contribution in [2.45, 2.75) is 19.8 Å². The molecule has 0 atom stereocenters. The van der Waals surface area contributed by atoms with Crippen molar-refractivity contribution < 1.29 is 24.5 Å². The zero-order valence-electron chi connectivity index (χ0n) is 29.3. The molecule has 0 spiro atoms. The molecule has 9 rings (SSSR count). The monoisotopic (exact) mass is 861 g/mol. The molecule has 0 fully saturated rings. The van der Waals surface area contributed by atoms with Gasteiger partial charge in [-0.1, -0.05) is 139 Å². The maximum atomic E-state index is 6.12. The third kappa shape index (κ3) is 8.26. The van der Waals surface area contributed by atoms with Gasteiger partial charge in [-0.2, -0.15) is 0 Å². The molecule has 0 saturated carbocycles. The fourth-order valence-corrected chi connectivity index (χ4v) is 6.58. The Morgan fingerprint density at radius 3 is 2.02 bits per heavy atom. The molecule has 3 nitrogen and oxygen atoms in total. The first-order valence-electron chi connectivity index (χ1n) is 17.6. The van der Waals surface area contributed by atoms with Gasteiger partial charge in [-0.05, 0) is 64.2 Å². The van der Waals surface area contributed by atoms with E-state index in [2.05, 4.69) is 145 Å². The van der Waals surface area contributed by atoms with Crippen molar-refractivity contribution in [3.63, 3.8) is 0 Å². The minimum atomic E-state index is 0. The summed E-state index contributed by atoms with van der Waals surface area (Å²) in [4.78, 5) is 9.31. The van der Waals surface area contributed by atoms with E-state index in [0.29, 0.717) is 0 Å². The van der Waals surface area contributed by atoms with Gasteiger partial charge in [-0.25, -0.2) is 0 Å². The summed E-state index contributed by atoms with van der Waals surface area (Å²) in [6, 6.07) is 62.9. The van der Waals surface area contributed by atoms with E-state index in [1.54, 1.807) is 0 Å². The van der Waals surface area contributed by atoms with Crippen LogP contribution in [0, 0.1) is 19.1 Å². The van der Waals surface area contributed by atoms with Gasteiger partial charge < -0.3 is 14.4 Å². The smallest absolute Gasteiger partial charge is 0.120 e. The first kappa shape index (κ1) is 35.5. The standard InChI is InChI=1S/C25H20N.C24H16NO.Ir/c1-19-12-14-22(15-13-19)25-17-23(16-20-8-4-2-5-9-20)24(18-26-25)21-10-6-3-7-11-21;1-2-7-17(8-3-1)15-18-13-14-25-22(16-18)21-11-6-10-20-19-9-4-5-12-23(19)26-24(20)21;/h2-14,17-18H,16H2,1H3;1-10,12-14,16H,15H2;/q2*-1;. The number of aromatic nitrogens is 2. The summed E-state index contributed by atoms with van der Waals surface area (Å²) in [6.45, 7) is 2.08. The van der Waals surface area contributed by atoms with Crippen molar-refractivity contribution in [2.24, 2.45) is 0 Å². The number of rotatable bonds is 7. The summed E-state index contributed by atoms with van der Waals surface area (Å²) < 4.78 is 6.12. The normalized spacial score (nSPS) is 10.7. The number of furan rings is 1. The average molecular weight is 861 g/mol. The van der Waals surface area contributed by atoms with Gasteiger partial charge >= 0.3 is 0 Å². The Morgan fingerprint density at radius 2 is 1.28 bits per heavy atom. The van der Waals surface area contributed by atoms with Gasteiger partial charge in [0.1, 0.15) is 5.58 Å². The van der Waals surface area contributed by atoms with Gasteiger partial charge in [0.15, 0.2) is 0 Å². The van der Waals surface area contributed by atoms with Crippen molar-refractivity contribution >= 4 is 21.9 Å². The maximum absolute atomic E-state index is 6.12. The van der Waals surface area contributed by atoms with Crippen LogP contribution in [0.3, 0.4) is 0 Å². The number of para-hydroxylation sites is 1. The second-order valence-corrected chi connectivity index (χ2v) is 12.9. The van der Waals surface area contributed by atoms with Crippen LogP contribution >= 0.6 is 0 Å². The number of benzene rings is 6. The minimum absolute atomic E-state index is 0. The van der Waals surface area contributed by atoms with Crippen LogP contribution in [0.15, 0.2) is 181 Å². The molecular formula is C49H36IrN2O-2. The average Bonchev–Trinajstić information content (AvgIpc) is 3.59. The molecule has 1 radical (unpaired) electrons. The van der Waals surface area contributed by atoms with Crippen molar-refractivity contribution in [2.75, 3.05) is 0 Å². The summed E-state index contributed by atoms with van der Waals surface area (Å²) in [7, 11) is 0. The van der Waals surface area contributed by atoms with Crippen LogP contribution < -0.4 is 0 Å². The van der Waals surface area contributed by atoms with Crippen molar-refractivity contribution in [3.05, 3.63) is 216 Å². The SMILES string of the molecule is Cc1c[c-]c(-c2cc(Cc3ccccc3)c(-c3ccccc3)cn2)cc1.[Ir].[c-]1ccc2c(oc3ccccc32)c1-c1cc(Cc2ccccc2)ccn1. The molecule has 3 heterocycles. The Hall–Kier alpha value is -5.93. The number of nitrogens with zero attached hydrogens (tertiary/aromatic N) is 2. The first-order chi connectivity index (χ1) is 25.7. The van der Waals surface area contributed by atoms with Crippen LogP contribution in [0.4, 0.5) is 0 Å². The van der Waals surface area contributed by atoms with Crippen molar-refractivity contribution in [1.82, 2.24) is 9.97 Å². The zero-order chi connectivity index (χ0) is 35.1. The minimum Gasteiger partial charge on any atom is -0.501 e. The van der Waals surface area contributed by atoms with Crippen LogP contribution in [0.25, 0.3) is 55.6 Å². The van der Waals surface area contributed by atoms with E-state index in [9.17, 15) is 0 Å². The molecule has 0 unspecified atom stereocenters. The number of aryl methyl sites for hydroxylation is 1. The Labute approximate surface area is 324 Å². The second kappa shape index (κ2) is 16.6. The van der Waals surface area contributed by atoms with E-state index < -0.39 is 0 Å². The molecule has 53 heavy (non-hydrogen) atoms. The summed E-state index contributed by atoms with van der Waals surface area (Å²) in [5.41, 5.74) is 14.2. The molecule has 9 aromatic rings. The van der Waals surface area contributed by atoms with Gasteiger partial charge in [0.2, 0.25) is 0 Å². The Kier molecular flexibility index (Phi) is 11.1. The molecule has 3 aromatic heterocycles. The van der Waals surface area contributed by atoms with E-state index in [1.165, 1.54) is 38.9 Å². The van der Waals surface area contributed by atoms with Gasteiger partial charge in [0, 0.05) is 43.4 Å². The number of hydrogen-bond acceptors (Lipinski definition) is 3. The first-order valence-corrected chi connectivity index (χ1v) is 17.6.